The van der Waals surface area contributed by atoms with Crippen molar-refractivity contribution < 1.29 is 22.1 Å². The Balaban J connectivity index is 2.22. The number of hydrogen-bond donors (Lipinski definition) is 1. The molecule has 0 fully saturated rings. The van der Waals surface area contributed by atoms with Crippen molar-refractivity contribution >= 4 is 27.6 Å². The lowest BCUT2D eigenvalue weighted by molar-refractivity contribution is -0.156. The van der Waals surface area contributed by atoms with Crippen molar-refractivity contribution in [3.05, 3.63) is 45.9 Å². The lowest BCUT2D eigenvalue weighted by Crippen LogP contribution is -2.29. The molecule has 0 saturated heterocycles. The standard InChI is InChI=1S/C17H22N2O5S2/c1-11-19-15(10-25-11)14(16(20)23-17(2,3)4)9-12-5-7-13(8-6-12)24-26(18,21)22/h5-8,10,14H,9H2,1-4H3,(H2,18,21,22)/t14-/m0/s1. The molecule has 1 heterocycles. The number of aromatic nitrogens is 1. The number of carbonyl (C=O) groups is 1. The van der Waals surface area contributed by atoms with Crippen molar-refractivity contribution in [3.63, 3.8) is 0 Å². The van der Waals surface area contributed by atoms with E-state index in [1.165, 1.54) is 23.5 Å². The number of aryl methyl sites for hydroxylation is 1. The summed E-state index contributed by atoms with van der Waals surface area (Å²) >= 11 is 1.47. The van der Waals surface area contributed by atoms with Gasteiger partial charge in [-0.05, 0) is 51.8 Å². The van der Waals surface area contributed by atoms with E-state index in [4.69, 9.17) is 9.88 Å². The maximum atomic E-state index is 12.6. The summed E-state index contributed by atoms with van der Waals surface area (Å²) in [6, 6.07) is 6.32. The molecule has 2 aromatic rings. The molecule has 0 radical (unpaired) electrons. The molecule has 2 N–H and O–H groups in total. The van der Waals surface area contributed by atoms with E-state index in [0.29, 0.717) is 12.1 Å². The van der Waals surface area contributed by atoms with Crippen LogP contribution in [-0.2, 0) is 26.3 Å². The summed E-state index contributed by atoms with van der Waals surface area (Å²) < 4.78 is 32.1. The molecule has 0 aliphatic rings. The van der Waals surface area contributed by atoms with E-state index in [-0.39, 0.29) is 11.7 Å². The van der Waals surface area contributed by atoms with E-state index >= 15 is 0 Å². The molecule has 7 nitrogen and oxygen atoms in total. The minimum absolute atomic E-state index is 0.106. The Bertz CT molecular complexity index is 867. The average molecular weight is 399 g/mol. The number of carbonyl (C=O) groups excluding carboxylic acids is 1. The molecule has 1 aromatic carbocycles. The first-order valence-corrected chi connectivity index (χ1v) is 10.2. The van der Waals surface area contributed by atoms with Crippen molar-refractivity contribution in [3.8, 4) is 5.75 Å². The highest BCUT2D eigenvalue weighted by atomic mass is 32.2. The van der Waals surface area contributed by atoms with Crippen molar-refractivity contribution in [2.45, 2.75) is 45.6 Å². The predicted molar refractivity (Wildman–Crippen MR) is 99.3 cm³/mol. The topological polar surface area (TPSA) is 109 Å². The molecule has 0 saturated carbocycles. The quantitative estimate of drug-likeness (QED) is 0.750. The van der Waals surface area contributed by atoms with Gasteiger partial charge in [-0.3, -0.25) is 4.79 Å². The van der Waals surface area contributed by atoms with Crippen LogP contribution in [0.5, 0.6) is 5.75 Å². The van der Waals surface area contributed by atoms with Crippen LogP contribution >= 0.6 is 11.3 Å². The molecule has 26 heavy (non-hydrogen) atoms. The number of rotatable bonds is 6. The van der Waals surface area contributed by atoms with Crippen LogP contribution in [0.25, 0.3) is 0 Å². The van der Waals surface area contributed by atoms with Crippen molar-refractivity contribution in [1.29, 1.82) is 0 Å². The van der Waals surface area contributed by atoms with Gasteiger partial charge in [-0.2, -0.15) is 13.6 Å². The van der Waals surface area contributed by atoms with Crippen LogP contribution in [0.1, 0.15) is 43.0 Å². The number of thiazole rings is 1. The van der Waals surface area contributed by atoms with Crippen molar-refractivity contribution in [1.82, 2.24) is 4.98 Å². The maximum Gasteiger partial charge on any atom is 0.380 e. The van der Waals surface area contributed by atoms with Gasteiger partial charge in [-0.15, -0.1) is 11.3 Å². The van der Waals surface area contributed by atoms with Crippen LogP contribution in [0.4, 0.5) is 0 Å². The Morgan fingerprint density at radius 2 is 1.88 bits per heavy atom. The number of nitrogens with zero attached hydrogens (tertiary/aromatic N) is 1. The number of nitrogens with two attached hydrogens (primary N) is 1. The lowest BCUT2D eigenvalue weighted by Gasteiger charge is -2.23. The van der Waals surface area contributed by atoms with Gasteiger partial charge in [0.15, 0.2) is 0 Å². The first-order valence-electron chi connectivity index (χ1n) is 7.89. The zero-order chi connectivity index (χ0) is 19.5. The summed E-state index contributed by atoms with van der Waals surface area (Å²) in [5, 5.41) is 7.56. The molecule has 0 unspecified atom stereocenters. The molecule has 0 aliphatic carbocycles. The molecule has 0 aliphatic heterocycles. The number of ether oxygens (including phenoxy) is 1. The molecular formula is C17H22N2O5S2. The molecule has 1 atom stereocenters. The fraction of sp³-hybridized carbons (Fsp3) is 0.412. The maximum absolute atomic E-state index is 12.6. The largest absolute Gasteiger partial charge is 0.459 e. The Morgan fingerprint density at radius 3 is 2.35 bits per heavy atom. The average Bonchev–Trinajstić information content (AvgIpc) is 2.89. The van der Waals surface area contributed by atoms with E-state index in [1.54, 1.807) is 12.1 Å². The molecule has 142 valence electrons. The highest BCUT2D eigenvalue weighted by molar-refractivity contribution is 7.84. The summed E-state index contributed by atoms with van der Waals surface area (Å²) in [7, 11) is -4.07. The second kappa shape index (κ2) is 7.73. The third-order valence-electron chi connectivity index (χ3n) is 3.26. The van der Waals surface area contributed by atoms with Crippen LogP contribution in [0.15, 0.2) is 29.6 Å². The second-order valence-electron chi connectivity index (χ2n) is 6.80. The van der Waals surface area contributed by atoms with Gasteiger partial charge < -0.3 is 8.92 Å². The van der Waals surface area contributed by atoms with Gasteiger partial charge in [-0.25, -0.2) is 4.98 Å². The number of benzene rings is 1. The lowest BCUT2D eigenvalue weighted by atomic mass is 9.96. The zero-order valence-corrected chi connectivity index (χ0v) is 16.7. The highest BCUT2D eigenvalue weighted by Crippen LogP contribution is 2.27. The van der Waals surface area contributed by atoms with Crippen LogP contribution in [0, 0.1) is 6.92 Å². The van der Waals surface area contributed by atoms with E-state index in [9.17, 15) is 13.2 Å². The predicted octanol–water partition coefficient (Wildman–Crippen LogP) is 2.70. The van der Waals surface area contributed by atoms with E-state index in [0.717, 1.165) is 10.6 Å². The molecule has 0 amide bonds. The summed E-state index contributed by atoms with van der Waals surface area (Å²) in [4.78, 5) is 17.1. The Hall–Kier alpha value is -1.97. The first-order chi connectivity index (χ1) is 11.9. The molecule has 9 heteroatoms. The van der Waals surface area contributed by atoms with E-state index in [2.05, 4.69) is 9.17 Å². The van der Waals surface area contributed by atoms with Crippen LogP contribution in [-0.4, -0.2) is 25.0 Å². The van der Waals surface area contributed by atoms with Crippen LogP contribution < -0.4 is 9.32 Å². The van der Waals surface area contributed by atoms with Gasteiger partial charge in [0.05, 0.1) is 10.7 Å². The Labute approximate surface area is 157 Å². The molecule has 2 rings (SSSR count). The van der Waals surface area contributed by atoms with Crippen LogP contribution in [0.2, 0.25) is 0 Å². The molecule has 1 aromatic heterocycles. The summed E-state index contributed by atoms with van der Waals surface area (Å²) in [5.41, 5.74) is 0.869. The Kier molecular flexibility index (Phi) is 6.05. The number of hydrogen-bond acceptors (Lipinski definition) is 7. The SMILES string of the molecule is Cc1nc([C@H](Cc2ccc(OS(N)(=O)=O)cc2)C(=O)OC(C)(C)C)cs1. The van der Waals surface area contributed by atoms with E-state index < -0.39 is 21.8 Å². The van der Waals surface area contributed by atoms with Crippen molar-refractivity contribution in [2.24, 2.45) is 5.14 Å². The zero-order valence-electron chi connectivity index (χ0n) is 15.1. The first kappa shape index (κ1) is 20.3. The fourth-order valence-electron chi connectivity index (χ4n) is 2.27. The summed E-state index contributed by atoms with van der Waals surface area (Å²) in [6.45, 7) is 7.31. The highest BCUT2D eigenvalue weighted by Gasteiger charge is 2.28. The normalized spacial score (nSPS) is 13.3. The van der Waals surface area contributed by atoms with Gasteiger partial charge in [0.25, 0.3) is 0 Å². The minimum atomic E-state index is -4.07. The van der Waals surface area contributed by atoms with Gasteiger partial charge in [0.1, 0.15) is 17.3 Å². The summed E-state index contributed by atoms with van der Waals surface area (Å²) in [6.07, 6.45) is 0.369. The third kappa shape index (κ3) is 6.40. The Morgan fingerprint density at radius 1 is 1.27 bits per heavy atom. The van der Waals surface area contributed by atoms with Gasteiger partial charge in [-0.1, -0.05) is 12.1 Å². The monoisotopic (exact) mass is 398 g/mol. The van der Waals surface area contributed by atoms with E-state index in [1.807, 2.05) is 33.1 Å². The van der Waals surface area contributed by atoms with Gasteiger partial charge in [0.2, 0.25) is 0 Å². The number of esters is 1. The van der Waals surface area contributed by atoms with Gasteiger partial charge in [0, 0.05) is 5.38 Å². The third-order valence-corrected chi connectivity index (χ3v) is 4.48. The second-order valence-corrected chi connectivity index (χ2v) is 9.02. The minimum Gasteiger partial charge on any atom is -0.459 e. The fourth-order valence-corrected chi connectivity index (χ4v) is 3.32. The van der Waals surface area contributed by atoms with Gasteiger partial charge >= 0.3 is 16.3 Å². The van der Waals surface area contributed by atoms with Crippen LogP contribution in [0.3, 0.4) is 0 Å². The molecular weight excluding hydrogens is 376 g/mol. The smallest absolute Gasteiger partial charge is 0.380 e. The van der Waals surface area contributed by atoms with Crippen molar-refractivity contribution in [2.75, 3.05) is 0 Å². The molecule has 0 bridgehead atoms. The molecule has 0 spiro atoms. The summed E-state index contributed by atoms with van der Waals surface area (Å²) in [5.74, 6) is -0.800.